The molecule has 0 aliphatic heterocycles. The van der Waals surface area contributed by atoms with Crippen molar-refractivity contribution in [2.45, 2.75) is 6.17 Å². The van der Waals surface area contributed by atoms with Crippen molar-refractivity contribution in [1.29, 1.82) is 0 Å². The number of H-pyrrole nitrogens is 1. The van der Waals surface area contributed by atoms with Crippen molar-refractivity contribution in [2.75, 3.05) is 0 Å². The Kier molecular flexibility index (Phi) is 3.43. The van der Waals surface area contributed by atoms with Gasteiger partial charge in [-0.2, -0.15) is 0 Å². The van der Waals surface area contributed by atoms with Crippen LogP contribution in [0.5, 0.6) is 0 Å². The van der Waals surface area contributed by atoms with E-state index in [1.165, 1.54) is 18.2 Å². The van der Waals surface area contributed by atoms with Gasteiger partial charge in [0.15, 0.2) is 6.17 Å². The Morgan fingerprint density at radius 2 is 1.86 bits per heavy atom. The average molecular weight is 307 g/mol. The highest BCUT2D eigenvalue weighted by Gasteiger charge is 2.17. The van der Waals surface area contributed by atoms with E-state index in [2.05, 4.69) is 9.97 Å². The normalized spacial score (nSPS) is 12.5. The molecule has 1 heterocycles. The van der Waals surface area contributed by atoms with Crippen molar-refractivity contribution in [3.63, 3.8) is 0 Å². The summed E-state index contributed by atoms with van der Waals surface area (Å²) in [5.41, 5.74) is -0.0877. The molecule has 1 atom stereocenters. The molecule has 2 aromatic carbocycles. The summed E-state index contributed by atoms with van der Waals surface area (Å²) in [6, 6.07) is 9.67. The molecule has 0 amide bonds. The number of aromatic nitrogens is 2. The van der Waals surface area contributed by atoms with Crippen LogP contribution in [-0.4, -0.2) is 9.97 Å². The van der Waals surface area contributed by atoms with E-state index in [4.69, 9.17) is 11.6 Å². The summed E-state index contributed by atoms with van der Waals surface area (Å²) in [6.45, 7) is 0. The molecule has 6 heteroatoms. The lowest BCUT2D eigenvalue weighted by atomic mass is 10.1. The molecule has 106 valence electrons. The van der Waals surface area contributed by atoms with Gasteiger partial charge in [0.2, 0.25) is 0 Å². The van der Waals surface area contributed by atoms with Crippen LogP contribution in [0.3, 0.4) is 0 Å². The highest BCUT2D eigenvalue weighted by atomic mass is 35.5. The highest BCUT2D eigenvalue weighted by molar-refractivity contribution is 6.30. The quantitative estimate of drug-likeness (QED) is 0.783. The number of nitrogens with zero attached hydrogens (tertiary/aromatic N) is 1. The number of nitrogens with one attached hydrogen (secondary N) is 1. The van der Waals surface area contributed by atoms with Gasteiger partial charge in [0.1, 0.15) is 11.6 Å². The minimum atomic E-state index is -1.62. The van der Waals surface area contributed by atoms with Gasteiger partial charge in [-0.15, -0.1) is 0 Å². The van der Waals surface area contributed by atoms with Crippen LogP contribution < -0.4 is 5.56 Å². The second kappa shape index (κ2) is 5.26. The average Bonchev–Trinajstić information content (AvgIpc) is 2.46. The number of halogens is 3. The fourth-order valence-corrected chi connectivity index (χ4v) is 2.17. The standard InChI is InChI=1S/C15H9ClF2N2O/c16-9-3-1-8(2-4-9)13(18)14-19-12-7-10(17)5-6-11(12)15(21)20-14/h1-7,13H,(H,19,20,21)/t13-/m0/s1. The maximum Gasteiger partial charge on any atom is 0.258 e. The van der Waals surface area contributed by atoms with Gasteiger partial charge in [0.25, 0.3) is 5.56 Å². The lowest BCUT2D eigenvalue weighted by molar-refractivity contribution is 0.384. The molecule has 0 aliphatic carbocycles. The molecule has 0 unspecified atom stereocenters. The summed E-state index contributed by atoms with van der Waals surface area (Å²) in [6.07, 6.45) is -1.62. The number of benzene rings is 2. The first-order valence-electron chi connectivity index (χ1n) is 6.13. The van der Waals surface area contributed by atoms with Gasteiger partial charge < -0.3 is 4.98 Å². The van der Waals surface area contributed by atoms with Crippen molar-refractivity contribution in [3.8, 4) is 0 Å². The fraction of sp³-hybridized carbons (Fsp3) is 0.0667. The zero-order valence-electron chi connectivity index (χ0n) is 10.6. The Hall–Kier alpha value is -2.27. The molecule has 21 heavy (non-hydrogen) atoms. The Balaban J connectivity index is 2.11. The largest absolute Gasteiger partial charge is 0.307 e. The third-order valence-electron chi connectivity index (χ3n) is 3.09. The van der Waals surface area contributed by atoms with E-state index in [-0.39, 0.29) is 16.7 Å². The van der Waals surface area contributed by atoms with E-state index in [1.807, 2.05) is 0 Å². The predicted octanol–water partition coefficient (Wildman–Crippen LogP) is 3.77. The number of hydrogen-bond donors (Lipinski definition) is 1. The Morgan fingerprint density at radius 3 is 2.57 bits per heavy atom. The summed E-state index contributed by atoms with van der Waals surface area (Å²) in [7, 11) is 0. The van der Waals surface area contributed by atoms with Gasteiger partial charge >= 0.3 is 0 Å². The fourth-order valence-electron chi connectivity index (χ4n) is 2.04. The van der Waals surface area contributed by atoms with E-state index in [1.54, 1.807) is 12.1 Å². The van der Waals surface area contributed by atoms with E-state index in [9.17, 15) is 13.6 Å². The van der Waals surface area contributed by atoms with E-state index < -0.39 is 17.5 Å². The summed E-state index contributed by atoms with van der Waals surface area (Å²) >= 11 is 5.75. The van der Waals surface area contributed by atoms with Gasteiger partial charge in [-0.1, -0.05) is 23.7 Å². The van der Waals surface area contributed by atoms with Crippen molar-refractivity contribution >= 4 is 22.5 Å². The van der Waals surface area contributed by atoms with Crippen molar-refractivity contribution in [3.05, 3.63) is 75.0 Å². The smallest absolute Gasteiger partial charge is 0.258 e. The van der Waals surface area contributed by atoms with Crippen LogP contribution in [0, 0.1) is 5.82 Å². The molecule has 3 rings (SSSR count). The molecular formula is C15H9ClF2N2O. The SMILES string of the molecule is O=c1[nH]c([C@@H](F)c2ccc(Cl)cc2)nc2cc(F)ccc12. The van der Waals surface area contributed by atoms with Crippen molar-refractivity contribution < 1.29 is 8.78 Å². The van der Waals surface area contributed by atoms with Crippen molar-refractivity contribution in [1.82, 2.24) is 9.97 Å². The lowest BCUT2D eigenvalue weighted by Gasteiger charge is -2.09. The first-order valence-corrected chi connectivity index (χ1v) is 6.51. The van der Waals surface area contributed by atoms with Crippen LogP contribution in [0.2, 0.25) is 5.02 Å². The lowest BCUT2D eigenvalue weighted by Crippen LogP contribution is -2.14. The van der Waals surface area contributed by atoms with Crippen molar-refractivity contribution in [2.24, 2.45) is 0 Å². The van der Waals surface area contributed by atoms with Crippen LogP contribution in [0.1, 0.15) is 17.6 Å². The number of rotatable bonds is 2. The minimum Gasteiger partial charge on any atom is -0.307 e. The second-order valence-electron chi connectivity index (χ2n) is 4.53. The molecular weight excluding hydrogens is 298 g/mol. The molecule has 0 saturated heterocycles. The van der Waals surface area contributed by atoms with E-state index >= 15 is 0 Å². The molecule has 0 aliphatic rings. The third kappa shape index (κ3) is 2.64. The second-order valence-corrected chi connectivity index (χ2v) is 4.96. The number of aromatic amines is 1. The zero-order valence-corrected chi connectivity index (χ0v) is 11.4. The summed E-state index contributed by atoms with van der Waals surface area (Å²) in [4.78, 5) is 18.3. The summed E-state index contributed by atoms with van der Waals surface area (Å²) < 4.78 is 27.6. The van der Waals surface area contributed by atoms with E-state index in [0.29, 0.717) is 10.6 Å². The van der Waals surface area contributed by atoms with Gasteiger partial charge in [0.05, 0.1) is 10.9 Å². The Morgan fingerprint density at radius 1 is 1.14 bits per heavy atom. The Labute approximate surface area is 123 Å². The summed E-state index contributed by atoms with van der Waals surface area (Å²) in [5, 5.41) is 0.691. The minimum absolute atomic E-state index is 0.116. The van der Waals surface area contributed by atoms with Crippen LogP contribution >= 0.6 is 11.6 Å². The maximum atomic E-state index is 14.4. The van der Waals surface area contributed by atoms with Crippen LogP contribution in [-0.2, 0) is 0 Å². The Bertz CT molecular complexity index is 862. The number of alkyl halides is 1. The first kappa shape index (κ1) is 13.7. The van der Waals surface area contributed by atoms with Gasteiger partial charge in [0, 0.05) is 11.1 Å². The predicted molar refractivity (Wildman–Crippen MR) is 76.7 cm³/mol. The molecule has 3 aromatic rings. The summed E-state index contributed by atoms with van der Waals surface area (Å²) in [5.74, 6) is -0.700. The molecule has 0 saturated carbocycles. The molecule has 0 bridgehead atoms. The molecule has 0 radical (unpaired) electrons. The molecule has 3 nitrogen and oxygen atoms in total. The van der Waals surface area contributed by atoms with Crippen LogP contribution in [0.4, 0.5) is 8.78 Å². The third-order valence-corrected chi connectivity index (χ3v) is 3.34. The molecule has 1 N–H and O–H groups in total. The topological polar surface area (TPSA) is 45.8 Å². The van der Waals surface area contributed by atoms with Crippen LogP contribution in [0.25, 0.3) is 10.9 Å². The zero-order chi connectivity index (χ0) is 15.0. The molecule has 0 fully saturated rings. The van der Waals surface area contributed by atoms with Crippen LogP contribution in [0.15, 0.2) is 47.3 Å². The monoisotopic (exact) mass is 306 g/mol. The number of hydrogen-bond acceptors (Lipinski definition) is 2. The first-order chi connectivity index (χ1) is 10.0. The number of fused-ring (bicyclic) bond motifs is 1. The maximum absolute atomic E-state index is 14.4. The van der Waals surface area contributed by atoms with Gasteiger partial charge in [-0.05, 0) is 29.8 Å². The van der Waals surface area contributed by atoms with Gasteiger partial charge in [-0.3, -0.25) is 4.79 Å². The van der Waals surface area contributed by atoms with Gasteiger partial charge in [-0.25, -0.2) is 13.8 Å². The van der Waals surface area contributed by atoms with E-state index in [0.717, 1.165) is 12.1 Å². The molecule has 1 aromatic heterocycles. The highest BCUT2D eigenvalue weighted by Crippen LogP contribution is 2.25. The molecule has 0 spiro atoms.